The van der Waals surface area contributed by atoms with E-state index in [-0.39, 0.29) is 0 Å². The predicted molar refractivity (Wildman–Crippen MR) is 65.1 cm³/mol. The van der Waals surface area contributed by atoms with Gasteiger partial charge < -0.3 is 10.1 Å². The molecule has 3 atom stereocenters. The van der Waals surface area contributed by atoms with Crippen molar-refractivity contribution < 1.29 is 4.74 Å². The molecule has 0 aromatic carbocycles. The predicted octanol–water partition coefficient (Wildman–Crippen LogP) is 2.97. The summed E-state index contributed by atoms with van der Waals surface area (Å²) in [5.74, 6) is 0.747. The zero-order valence-electron chi connectivity index (χ0n) is 10.6. The maximum absolute atomic E-state index is 5.76. The maximum atomic E-state index is 5.76. The molecule has 0 aliphatic carbocycles. The topological polar surface area (TPSA) is 21.3 Å². The van der Waals surface area contributed by atoms with Gasteiger partial charge in [0.2, 0.25) is 0 Å². The van der Waals surface area contributed by atoms with Gasteiger partial charge in [0.15, 0.2) is 0 Å². The van der Waals surface area contributed by atoms with Crippen LogP contribution in [0.15, 0.2) is 0 Å². The molecule has 1 rings (SSSR count). The van der Waals surface area contributed by atoms with Gasteiger partial charge in [-0.3, -0.25) is 0 Å². The molecule has 1 aliphatic heterocycles. The molecule has 0 radical (unpaired) electrons. The van der Waals surface area contributed by atoms with Crippen LogP contribution in [0.25, 0.3) is 0 Å². The molecule has 0 saturated carbocycles. The summed E-state index contributed by atoms with van der Waals surface area (Å²) in [6.07, 6.45) is 8.26. The van der Waals surface area contributed by atoms with Gasteiger partial charge in [0, 0.05) is 18.6 Å². The van der Waals surface area contributed by atoms with Crippen LogP contribution in [0.2, 0.25) is 0 Å². The standard InChI is InChI=1S/C13H27NO/c1-4-6-7-8-12(14-3)11-9-10-15-13(11)5-2/h11-14H,4-10H2,1-3H3. The van der Waals surface area contributed by atoms with Crippen molar-refractivity contribution in [1.82, 2.24) is 5.32 Å². The third kappa shape index (κ3) is 3.76. The van der Waals surface area contributed by atoms with E-state index in [0.29, 0.717) is 12.1 Å². The summed E-state index contributed by atoms with van der Waals surface area (Å²) in [6.45, 7) is 5.47. The fourth-order valence-electron chi connectivity index (χ4n) is 2.73. The summed E-state index contributed by atoms with van der Waals surface area (Å²) in [7, 11) is 2.10. The van der Waals surface area contributed by atoms with Gasteiger partial charge >= 0.3 is 0 Å². The third-order valence-electron chi connectivity index (χ3n) is 3.67. The first-order chi connectivity index (χ1) is 7.33. The second-order valence-electron chi connectivity index (χ2n) is 4.66. The van der Waals surface area contributed by atoms with E-state index in [9.17, 15) is 0 Å². The van der Waals surface area contributed by atoms with Crippen LogP contribution in [0.5, 0.6) is 0 Å². The normalized spacial score (nSPS) is 28.2. The van der Waals surface area contributed by atoms with Crippen molar-refractivity contribution in [2.75, 3.05) is 13.7 Å². The van der Waals surface area contributed by atoms with Gasteiger partial charge in [-0.05, 0) is 26.3 Å². The average Bonchev–Trinajstić information content (AvgIpc) is 2.72. The number of hydrogen-bond acceptors (Lipinski definition) is 2. The van der Waals surface area contributed by atoms with Gasteiger partial charge in [-0.15, -0.1) is 0 Å². The van der Waals surface area contributed by atoms with Gasteiger partial charge in [0.05, 0.1) is 6.10 Å². The molecule has 1 fully saturated rings. The second kappa shape index (κ2) is 7.24. The van der Waals surface area contributed by atoms with E-state index in [1.807, 2.05) is 0 Å². The molecule has 90 valence electrons. The smallest absolute Gasteiger partial charge is 0.0616 e. The lowest BCUT2D eigenvalue weighted by Crippen LogP contribution is -2.37. The van der Waals surface area contributed by atoms with Gasteiger partial charge in [0.1, 0.15) is 0 Å². The van der Waals surface area contributed by atoms with E-state index in [4.69, 9.17) is 4.74 Å². The van der Waals surface area contributed by atoms with Gasteiger partial charge in [-0.2, -0.15) is 0 Å². The van der Waals surface area contributed by atoms with E-state index in [1.54, 1.807) is 0 Å². The zero-order chi connectivity index (χ0) is 11.1. The summed E-state index contributed by atoms with van der Waals surface area (Å²) >= 11 is 0. The Morgan fingerprint density at radius 2 is 2.13 bits per heavy atom. The van der Waals surface area contributed by atoms with Gasteiger partial charge in [-0.25, -0.2) is 0 Å². The molecule has 1 heterocycles. The van der Waals surface area contributed by atoms with Crippen molar-refractivity contribution in [3.63, 3.8) is 0 Å². The minimum absolute atomic E-state index is 0.504. The molecule has 0 bridgehead atoms. The van der Waals surface area contributed by atoms with Crippen LogP contribution in [0.1, 0.15) is 52.4 Å². The fourth-order valence-corrected chi connectivity index (χ4v) is 2.73. The number of ether oxygens (including phenoxy) is 1. The Labute approximate surface area is 94.8 Å². The molecule has 0 aromatic heterocycles. The molecule has 3 unspecified atom stereocenters. The van der Waals surface area contributed by atoms with Crippen LogP contribution in [-0.2, 0) is 4.74 Å². The van der Waals surface area contributed by atoms with E-state index in [0.717, 1.165) is 18.9 Å². The third-order valence-corrected chi connectivity index (χ3v) is 3.67. The van der Waals surface area contributed by atoms with Crippen LogP contribution >= 0.6 is 0 Å². The lowest BCUT2D eigenvalue weighted by Gasteiger charge is -2.26. The highest BCUT2D eigenvalue weighted by molar-refractivity contribution is 4.85. The summed E-state index contributed by atoms with van der Waals surface area (Å²) in [6, 6.07) is 0.670. The Morgan fingerprint density at radius 3 is 2.73 bits per heavy atom. The molecular formula is C13H27NO. The highest BCUT2D eigenvalue weighted by atomic mass is 16.5. The van der Waals surface area contributed by atoms with Crippen molar-refractivity contribution in [2.24, 2.45) is 5.92 Å². The average molecular weight is 213 g/mol. The first-order valence-electron chi connectivity index (χ1n) is 6.62. The monoisotopic (exact) mass is 213 g/mol. The van der Waals surface area contributed by atoms with Crippen LogP contribution in [0.4, 0.5) is 0 Å². The highest BCUT2D eigenvalue weighted by Gasteiger charge is 2.32. The molecule has 2 heteroatoms. The Kier molecular flexibility index (Phi) is 6.26. The van der Waals surface area contributed by atoms with E-state index < -0.39 is 0 Å². The summed E-state index contributed by atoms with van der Waals surface area (Å²) < 4.78 is 5.76. The largest absolute Gasteiger partial charge is 0.378 e. The molecule has 0 amide bonds. The number of nitrogens with one attached hydrogen (secondary N) is 1. The van der Waals surface area contributed by atoms with Crippen LogP contribution < -0.4 is 5.32 Å². The summed E-state index contributed by atoms with van der Waals surface area (Å²) in [4.78, 5) is 0. The highest BCUT2D eigenvalue weighted by Crippen LogP contribution is 2.28. The SMILES string of the molecule is CCCCCC(NC)C1CCOC1CC. The molecule has 15 heavy (non-hydrogen) atoms. The van der Waals surface area contributed by atoms with E-state index in [1.165, 1.54) is 32.1 Å². The zero-order valence-corrected chi connectivity index (χ0v) is 10.6. The van der Waals surface area contributed by atoms with E-state index >= 15 is 0 Å². The summed E-state index contributed by atoms with van der Waals surface area (Å²) in [5, 5.41) is 3.49. The van der Waals surface area contributed by atoms with Crippen molar-refractivity contribution >= 4 is 0 Å². The van der Waals surface area contributed by atoms with Crippen LogP contribution in [0.3, 0.4) is 0 Å². The molecule has 2 nitrogen and oxygen atoms in total. The number of unbranched alkanes of at least 4 members (excludes halogenated alkanes) is 2. The van der Waals surface area contributed by atoms with Crippen molar-refractivity contribution in [1.29, 1.82) is 0 Å². The quantitative estimate of drug-likeness (QED) is 0.656. The minimum atomic E-state index is 0.504. The Balaban J connectivity index is 2.35. The van der Waals surface area contributed by atoms with E-state index in [2.05, 4.69) is 26.2 Å². The molecule has 1 saturated heterocycles. The lowest BCUT2D eigenvalue weighted by molar-refractivity contribution is 0.0770. The number of rotatable bonds is 7. The maximum Gasteiger partial charge on any atom is 0.0616 e. The molecule has 1 N–H and O–H groups in total. The van der Waals surface area contributed by atoms with Gasteiger partial charge in [-0.1, -0.05) is 33.1 Å². The van der Waals surface area contributed by atoms with Crippen LogP contribution in [0, 0.1) is 5.92 Å². The number of hydrogen-bond donors (Lipinski definition) is 1. The lowest BCUT2D eigenvalue weighted by atomic mass is 9.88. The molecule has 0 aromatic rings. The Hall–Kier alpha value is -0.0800. The summed E-state index contributed by atoms with van der Waals surface area (Å²) in [5.41, 5.74) is 0. The molecule has 0 spiro atoms. The van der Waals surface area contributed by atoms with Crippen molar-refractivity contribution in [3.05, 3.63) is 0 Å². The first kappa shape index (κ1) is 13.0. The minimum Gasteiger partial charge on any atom is -0.378 e. The molecule has 1 aliphatic rings. The second-order valence-corrected chi connectivity index (χ2v) is 4.66. The van der Waals surface area contributed by atoms with Crippen molar-refractivity contribution in [3.8, 4) is 0 Å². The fraction of sp³-hybridized carbons (Fsp3) is 1.00. The van der Waals surface area contributed by atoms with Crippen LogP contribution in [-0.4, -0.2) is 25.8 Å². The Morgan fingerprint density at radius 1 is 1.33 bits per heavy atom. The Bertz CT molecular complexity index is 161. The van der Waals surface area contributed by atoms with Gasteiger partial charge in [0.25, 0.3) is 0 Å². The van der Waals surface area contributed by atoms with Crippen molar-refractivity contribution in [2.45, 2.75) is 64.5 Å². The first-order valence-corrected chi connectivity index (χ1v) is 6.62. The molecular weight excluding hydrogens is 186 g/mol.